The van der Waals surface area contributed by atoms with E-state index in [0.29, 0.717) is 23.6 Å². The molecule has 1 aromatic carbocycles. The molecular weight excluding hydrogens is 220 g/mol. The molecule has 0 saturated heterocycles. The lowest BCUT2D eigenvalue weighted by atomic mass is 9.89. The highest BCUT2D eigenvalue weighted by molar-refractivity contribution is 6.30. The van der Waals surface area contributed by atoms with Gasteiger partial charge < -0.3 is 0 Å². The molecule has 0 bridgehead atoms. The van der Waals surface area contributed by atoms with Gasteiger partial charge >= 0.3 is 0 Å². The Morgan fingerprint density at radius 1 is 1.19 bits per heavy atom. The molecule has 0 amide bonds. The van der Waals surface area contributed by atoms with E-state index in [9.17, 15) is 4.79 Å². The second kappa shape index (κ2) is 5.49. The second-order valence-corrected chi connectivity index (χ2v) is 5.84. The van der Waals surface area contributed by atoms with E-state index in [0.717, 1.165) is 12.0 Å². The van der Waals surface area contributed by atoms with Crippen LogP contribution >= 0.6 is 11.6 Å². The highest BCUT2D eigenvalue weighted by Gasteiger charge is 2.13. The SMILES string of the molecule is CC(C)(C)CCC(=O)Cc1ccc(Cl)cc1. The fraction of sp³-hybridized carbons (Fsp3) is 0.500. The summed E-state index contributed by atoms with van der Waals surface area (Å²) in [5.74, 6) is 0.303. The van der Waals surface area contributed by atoms with Gasteiger partial charge in [-0.1, -0.05) is 44.5 Å². The monoisotopic (exact) mass is 238 g/mol. The first kappa shape index (κ1) is 13.2. The Morgan fingerprint density at radius 2 is 1.75 bits per heavy atom. The molecule has 0 aliphatic heterocycles. The first-order chi connectivity index (χ1) is 7.37. The van der Waals surface area contributed by atoms with E-state index < -0.39 is 0 Å². The van der Waals surface area contributed by atoms with Crippen molar-refractivity contribution < 1.29 is 4.79 Å². The number of benzene rings is 1. The van der Waals surface area contributed by atoms with Crippen molar-refractivity contribution in [3.63, 3.8) is 0 Å². The van der Waals surface area contributed by atoms with Gasteiger partial charge in [0.05, 0.1) is 0 Å². The van der Waals surface area contributed by atoms with Gasteiger partial charge in [-0.3, -0.25) is 4.79 Å². The smallest absolute Gasteiger partial charge is 0.137 e. The van der Waals surface area contributed by atoms with Crippen LogP contribution in [0.5, 0.6) is 0 Å². The van der Waals surface area contributed by atoms with Crippen LogP contribution < -0.4 is 0 Å². The number of ketones is 1. The van der Waals surface area contributed by atoms with Crippen molar-refractivity contribution >= 4 is 17.4 Å². The largest absolute Gasteiger partial charge is 0.299 e. The Hall–Kier alpha value is -0.820. The first-order valence-corrected chi connectivity index (χ1v) is 6.01. The molecule has 1 rings (SSSR count). The molecule has 0 fully saturated rings. The van der Waals surface area contributed by atoms with Gasteiger partial charge in [0.25, 0.3) is 0 Å². The van der Waals surface area contributed by atoms with Crippen molar-refractivity contribution in [1.29, 1.82) is 0 Å². The summed E-state index contributed by atoms with van der Waals surface area (Å²) in [6.07, 6.45) is 2.12. The first-order valence-electron chi connectivity index (χ1n) is 5.63. The molecule has 0 unspecified atom stereocenters. The Kier molecular flexibility index (Phi) is 4.55. The van der Waals surface area contributed by atoms with Gasteiger partial charge in [0, 0.05) is 17.9 Å². The molecule has 0 atom stereocenters. The van der Waals surface area contributed by atoms with Gasteiger partial charge in [-0.2, -0.15) is 0 Å². The standard InChI is InChI=1S/C14H19ClO/c1-14(2,3)9-8-13(16)10-11-4-6-12(15)7-5-11/h4-7H,8-10H2,1-3H3. The molecule has 0 spiro atoms. The third-order valence-electron chi connectivity index (χ3n) is 2.47. The van der Waals surface area contributed by atoms with Crippen LogP contribution in [-0.4, -0.2) is 5.78 Å². The van der Waals surface area contributed by atoms with Crippen molar-refractivity contribution in [3.8, 4) is 0 Å². The zero-order chi connectivity index (χ0) is 12.2. The van der Waals surface area contributed by atoms with Crippen LogP contribution in [0, 0.1) is 5.41 Å². The molecule has 0 heterocycles. The lowest BCUT2D eigenvalue weighted by Gasteiger charge is -2.16. The van der Waals surface area contributed by atoms with E-state index in [-0.39, 0.29) is 5.41 Å². The number of Topliss-reactive ketones (excluding diaryl/α,β-unsaturated/α-hetero) is 1. The minimum Gasteiger partial charge on any atom is -0.299 e. The number of hydrogen-bond acceptors (Lipinski definition) is 1. The number of carbonyl (C=O) groups excluding carboxylic acids is 1. The molecule has 0 N–H and O–H groups in total. The van der Waals surface area contributed by atoms with Gasteiger partial charge in [-0.15, -0.1) is 0 Å². The van der Waals surface area contributed by atoms with E-state index in [1.54, 1.807) is 0 Å². The fourth-order valence-electron chi connectivity index (χ4n) is 1.43. The quantitative estimate of drug-likeness (QED) is 0.765. The van der Waals surface area contributed by atoms with E-state index >= 15 is 0 Å². The summed E-state index contributed by atoms with van der Waals surface area (Å²) in [5, 5.41) is 0.714. The minimum absolute atomic E-state index is 0.232. The number of carbonyl (C=O) groups is 1. The number of halogens is 1. The van der Waals surface area contributed by atoms with Crippen molar-refractivity contribution in [2.24, 2.45) is 5.41 Å². The zero-order valence-corrected chi connectivity index (χ0v) is 11.0. The highest BCUT2D eigenvalue weighted by atomic mass is 35.5. The van der Waals surface area contributed by atoms with Crippen LogP contribution in [0.15, 0.2) is 24.3 Å². The van der Waals surface area contributed by atoms with Crippen LogP contribution in [0.4, 0.5) is 0 Å². The van der Waals surface area contributed by atoms with Crippen LogP contribution in [-0.2, 0) is 11.2 Å². The summed E-state index contributed by atoms with van der Waals surface area (Å²) in [5.41, 5.74) is 1.28. The summed E-state index contributed by atoms with van der Waals surface area (Å²) in [7, 11) is 0. The summed E-state index contributed by atoms with van der Waals surface area (Å²) in [6.45, 7) is 6.47. The average molecular weight is 239 g/mol. The molecule has 0 radical (unpaired) electrons. The van der Waals surface area contributed by atoms with Crippen molar-refractivity contribution in [2.45, 2.75) is 40.0 Å². The van der Waals surface area contributed by atoms with Gasteiger partial charge in [-0.25, -0.2) is 0 Å². The van der Waals surface area contributed by atoms with Crippen LogP contribution in [0.1, 0.15) is 39.2 Å². The van der Waals surface area contributed by atoms with Crippen molar-refractivity contribution in [3.05, 3.63) is 34.9 Å². The van der Waals surface area contributed by atoms with Crippen molar-refractivity contribution in [2.75, 3.05) is 0 Å². The predicted molar refractivity (Wildman–Crippen MR) is 68.9 cm³/mol. The zero-order valence-electron chi connectivity index (χ0n) is 10.2. The summed E-state index contributed by atoms with van der Waals surface area (Å²) >= 11 is 5.78. The Balaban J connectivity index is 2.43. The molecule has 0 aliphatic carbocycles. The highest BCUT2D eigenvalue weighted by Crippen LogP contribution is 2.21. The molecule has 0 aliphatic rings. The molecule has 0 aromatic heterocycles. The van der Waals surface area contributed by atoms with Gasteiger partial charge in [0.15, 0.2) is 0 Å². The molecule has 2 heteroatoms. The topological polar surface area (TPSA) is 17.1 Å². The molecule has 16 heavy (non-hydrogen) atoms. The third-order valence-corrected chi connectivity index (χ3v) is 2.72. The van der Waals surface area contributed by atoms with Crippen LogP contribution in [0.2, 0.25) is 5.02 Å². The molecule has 0 saturated carbocycles. The normalized spacial score (nSPS) is 11.5. The Bertz CT molecular complexity index is 346. The molecule has 88 valence electrons. The van der Waals surface area contributed by atoms with Gasteiger partial charge in [-0.05, 0) is 29.5 Å². The van der Waals surface area contributed by atoms with E-state index in [2.05, 4.69) is 20.8 Å². The van der Waals surface area contributed by atoms with E-state index in [4.69, 9.17) is 11.6 Å². The molecule has 1 aromatic rings. The summed E-state index contributed by atoms with van der Waals surface area (Å²) in [6, 6.07) is 7.48. The predicted octanol–water partition coefficient (Wildman–Crippen LogP) is 4.28. The van der Waals surface area contributed by atoms with Crippen LogP contribution in [0.3, 0.4) is 0 Å². The van der Waals surface area contributed by atoms with Gasteiger partial charge in [0.1, 0.15) is 5.78 Å². The Morgan fingerprint density at radius 3 is 2.25 bits per heavy atom. The maximum atomic E-state index is 11.7. The lowest BCUT2D eigenvalue weighted by molar-refractivity contribution is -0.118. The molecule has 1 nitrogen and oxygen atoms in total. The maximum Gasteiger partial charge on any atom is 0.137 e. The number of hydrogen-bond donors (Lipinski definition) is 0. The minimum atomic E-state index is 0.232. The fourth-order valence-corrected chi connectivity index (χ4v) is 1.56. The Labute approximate surface area is 103 Å². The maximum absolute atomic E-state index is 11.7. The summed E-state index contributed by atoms with van der Waals surface area (Å²) in [4.78, 5) is 11.7. The van der Waals surface area contributed by atoms with Crippen molar-refractivity contribution in [1.82, 2.24) is 0 Å². The second-order valence-electron chi connectivity index (χ2n) is 5.40. The molecular formula is C14H19ClO. The lowest BCUT2D eigenvalue weighted by Crippen LogP contribution is -2.10. The number of rotatable bonds is 4. The average Bonchev–Trinajstić information content (AvgIpc) is 2.18. The van der Waals surface area contributed by atoms with E-state index in [1.807, 2.05) is 24.3 Å². The van der Waals surface area contributed by atoms with E-state index in [1.165, 1.54) is 0 Å². The van der Waals surface area contributed by atoms with Crippen LogP contribution in [0.25, 0.3) is 0 Å². The summed E-state index contributed by atoms with van der Waals surface area (Å²) < 4.78 is 0. The van der Waals surface area contributed by atoms with Gasteiger partial charge in [0.2, 0.25) is 0 Å². The third kappa shape index (κ3) is 5.32.